The van der Waals surface area contributed by atoms with Crippen LogP contribution in [0.5, 0.6) is 5.75 Å². The van der Waals surface area contributed by atoms with Crippen molar-refractivity contribution < 1.29 is 9.53 Å². The molecule has 118 valence electrons. The molecule has 21 heavy (non-hydrogen) atoms. The minimum atomic E-state index is -0.104. The number of carbonyl (C=O) groups is 1. The lowest BCUT2D eigenvalue weighted by Gasteiger charge is -2.06. The van der Waals surface area contributed by atoms with E-state index in [1.54, 1.807) is 0 Å². The quantitative estimate of drug-likeness (QED) is 0.291. The molecule has 0 aromatic heterocycles. The maximum atomic E-state index is 11.7. The summed E-state index contributed by atoms with van der Waals surface area (Å²) in [6, 6.07) is 7.66. The van der Waals surface area contributed by atoms with Gasteiger partial charge in [0.2, 0.25) is 0 Å². The van der Waals surface area contributed by atoms with Gasteiger partial charge in [0, 0.05) is 6.42 Å². The number of carbonyl (C=O) groups excluding carboxylic acids is 1. The van der Waals surface area contributed by atoms with Crippen molar-refractivity contribution >= 4 is 5.97 Å². The fourth-order valence-corrected chi connectivity index (χ4v) is 2.42. The molecule has 0 spiro atoms. The first kappa shape index (κ1) is 17.7. The Morgan fingerprint density at radius 2 is 1.48 bits per heavy atom. The molecule has 0 heterocycles. The molecule has 1 aromatic rings. The minimum absolute atomic E-state index is 0.104. The van der Waals surface area contributed by atoms with Crippen LogP contribution in [-0.2, 0) is 4.79 Å². The van der Waals surface area contributed by atoms with Gasteiger partial charge in [-0.15, -0.1) is 0 Å². The highest BCUT2D eigenvalue weighted by atomic mass is 16.5. The first-order valence-electron chi connectivity index (χ1n) is 8.50. The van der Waals surface area contributed by atoms with Crippen LogP contribution < -0.4 is 4.74 Å². The summed E-state index contributed by atoms with van der Waals surface area (Å²) in [7, 11) is 0. The molecular weight excluding hydrogens is 260 g/mol. The summed E-state index contributed by atoms with van der Waals surface area (Å²) in [5.41, 5.74) is 1.01. The lowest BCUT2D eigenvalue weighted by Crippen LogP contribution is -2.08. The molecule has 0 radical (unpaired) electrons. The molecule has 1 rings (SSSR count). The van der Waals surface area contributed by atoms with Crippen molar-refractivity contribution in [1.29, 1.82) is 0 Å². The normalized spacial score (nSPS) is 10.6. The molecule has 0 aliphatic heterocycles. The Morgan fingerprint density at radius 1 is 0.905 bits per heavy atom. The highest BCUT2D eigenvalue weighted by Gasteiger charge is 2.06. The molecule has 0 N–H and O–H groups in total. The van der Waals surface area contributed by atoms with Gasteiger partial charge < -0.3 is 4.74 Å². The zero-order valence-corrected chi connectivity index (χ0v) is 13.7. The lowest BCUT2D eigenvalue weighted by molar-refractivity contribution is -0.134. The Bertz CT molecular complexity index is 398. The Morgan fingerprint density at radius 3 is 2.10 bits per heavy atom. The van der Waals surface area contributed by atoms with Crippen LogP contribution in [0.25, 0.3) is 0 Å². The van der Waals surface area contributed by atoms with E-state index in [2.05, 4.69) is 6.92 Å². The van der Waals surface area contributed by atoms with Crippen molar-refractivity contribution in [2.45, 2.75) is 78.1 Å². The number of hydrogen-bond donors (Lipinski definition) is 0. The molecule has 0 bridgehead atoms. The van der Waals surface area contributed by atoms with E-state index < -0.39 is 0 Å². The number of ether oxygens (including phenoxy) is 1. The summed E-state index contributed by atoms with van der Waals surface area (Å²) in [6.45, 7) is 4.21. The SMILES string of the molecule is CCCCCCCCCCCC(=O)Oc1ccccc1C. The van der Waals surface area contributed by atoms with Gasteiger partial charge in [-0.05, 0) is 25.0 Å². The number of esters is 1. The van der Waals surface area contributed by atoms with E-state index in [-0.39, 0.29) is 5.97 Å². The van der Waals surface area contributed by atoms with Crippen LogP contribution in [0, 0.1) is 6.92 Å². The molecule has 0 atom stereocenters. The van der Waals surface area contributed by atoms with Gasteiger partial charge in [-0.25, -0.2) is 0 Å². The second-order valence-corrected chi connectivity index (χ2v) is 5.82. The number of rotatable bonds is 11. The third-order valence-electron chi connectivity index (χ3n) is 3.80. The van der Waals surface area contributed by atoms with Crippen molar-refractivity contribution in [1.82, 2.24) is 0 Å². The third-order valence-corrected chi connectivity index (χ3v) is 3.80. The van der Waals surface area contributed by atoms with Gasteiger partial charge in [-0.1, -0.05) is 76.5 Å². The number of aryl methyl sites for hydroxylation is 1. The molecule has 0 aliphatic rings. The molecule has 2 heteroatoms. The molecule has 2 nitrogen and oxygen atoms in total. The maximum absolute atomic E-state index is 11.7. The second kappa shape index (κ2) is 11.4. The largest absolute Gasteiger partial charge is 0.426 e. The number of unbranched alkanes of at least 4 members (excludes halogenated alkanes) is 8. The summed E-state index contributed by atoms with van der Waals surface area (Å²) in [5.74, 6) is 0.589. The van der Waals surface area contributed by atoms with Crippen molar-refractivity contribution in [3.8, 4) is 5.75 Å². The standard InChI is InChI=1S/C19H30O2/c1-3-4-5-6-7-8-9-10-11-16-19(20)21-18-15-13-12-14-17(18)2/h12-15H,3-11,16H2,1-2H3. The van der Waals surface area contributed by atoms with Crippen LogP contribution in [0.2, 0.25) is 0 Å². The van der Waals surface area contributed by atoms with Gasteiger partial charge >= 0.3 is 5.97 Å². The Balaban J connectivity index is 2.00. The minimum Gasteiger partial charge on any atom is -0.426 e. The Labute approximate surface area is 129 Å². The molecule has 0 aliphatic carbocycles. The van der Waals surface area contributed by atoms with Crippen molar-refractivity contribution in [3.63, 3.8) is 0 Å². The Hall–Kier alpha value is -1.31. The molecular formula is C19H30O2. The highest BCUT2D eigenvalue weighted by Crippen LogP contribution is 2.17. The summed E-state index contributed by atoms with van der Waals surface area (Å²) >= 11 is 0. The average molecular weight is 290 g/mol. The van der Waals surface area contributed by atoms with Crippen LogP contribution in [0.15, 0.2) is 24.3 Å². The summed E-state index contributed by atoms with van der Waals surface area (Å²) in [4.78, 5) is 11.7. The fourth-order valence-electron chi connectivity index (χ4n) is 2.42. The average Bonchev–Trinajstić information content (AvgIpc) is 2.48. The van der Waals surface area contributed by atoms with E-state index in [1.807, 2.05) is 31.2 Å². The predicted octanol–water partition coefficient (Wildman–Crippen LogP) is 5.82. The van der Waals surface area contributed by atoms with Crippen LogP contribution >= 0.6 is 0 Å². The number of para-hydroxylation sites is 1. The number of hydrogen-bond acceptors (Lipinski definition) is 2. The van der Waals surface area contributed by atoms with E-state index in [9.17, 15) is 4.79 Å². The zero-order valence-electron chi connectivity index (χ0n) is 13.7. The van der Waals surface area contributed by atoms with Crippen LogP contribution in [0.4, 0.5) is 0 Å². The van der Waals surface area contributed by atoms with Gasteiger partial charge in [0.15, 0.2) is 0 Å². The first-order valence-corrected chi connectivity index (χ1v) is 8.50. The van der Waals surface area contributed by atoms with Gasteiger partial charge in [0.25, 0.3) is 0 Å². The summed E-state index contributed by atoms with van der Waals surface area (Å²) in [5, 5.41) is 0. The Kier molecular flexibility index (Phi) is 9.60. The molecule has 0 saturated carbocycles. The van der Waals surface area contributed by atoms with Gasteiger partial charge in [0.1, 0.15) is 5.75 Å². The van der Waals surface area contributed by atoms with Gasteiger partial charge in [-0.2, -0.15) is 0 Å². The van der Waals surface area contributed by atoms with Crippen LogP contribution in [-0.4, -0.2) is 5.97 Å². The molecule has 1 aromatic carbocycles. The molecule has 0 amide bonds. The van der Waals surface area contributed by atoms with E-state index in [0.29, 0.717) is 12.2 Å². The molecule has 0 fully saturated rings. The fraction of sp³-hybridized carbons (Fsp3) is 0.632. The lowest BCUT2D eigenvalue weighted by atomic mass is 10.1. The third kappa shape index (κ3) is 8.54. The first-order chi connectivity index (χ1) is 10.2. The second-order valence-electron chi connectivity index (χ2n) is 5.82. The van der Waals surface area contributed by atoms with Crippen LogP contribution in [0.1, 0.15) is 76.7 Å². The van der Waals surface area contributed by atoms with Crippen LogP contribution in [0.3, 0.4) is 0 Å². The topological polar surface area (TPSA) is 26.3 Å². The smallest absolute Gasteiger partial charge is 0.311 e. The van der Waals surface area contributed by atoms with E-state index in [0.717, 1.165) is 18.4 Å². The van der Waals surface area contributed by atoms with Crippen molar-refractivity contribution in [3.05, 3.63) is 29.8 Å². The molecule has 0 saturated heterocycles. The predicted molar refractivity (Wildman–Crippen MR) is 88.7 cm³/mol. The van der Waals surface area contributed by atoms with Gasteiger partial charge in [-0.3, -0.25) is 4.79 Å². The van der Waals surface area contributed by atoms with Gasteiger partial charge in [0.05, 0.1) is 0 Å². The van der Waals surface area contributed by atoms with Crippen molar-refractivity contribution in [2.24, 2.45) is 0 Å². The zero-order chi connectivity index (χ0) is 15.3. The monoisotopic (exact) mass is 290 g/mol. The van der Waals surface area contributed by atoms with E-state index in [4.69, 9.17) is 4.74 Å². The van der Waals surface area contributed by atoms with E-state index >= 15 is 0 Å². The highest BCUT2D eigenvalue weighted by molar-refractivity contribution is 5.72. The van der Waals surface area contributed by atoms with E-state index in [1.165, 1.54) is 44.9 Å². The number of benzene rings is 1. The summed E-state index contributed by atoms with van der Waals surface area (Å²) < 4.78 is 5.38. The summed E-state index contributed by atoms with van der Waals surface area (Å²) in [6.07, 6.45) is 11.9. The van der Waals surface area contributed by atoms with Crippen molar-refractivity contribution in [2.75, 3.05) is 0 Å². The molecule has 0 unspecified atom stereocenters. The maximum Gasteiger partial charge on any atom is 0.311 e.